The second-order valence-electron chi connectivity index (χ2n) is 5.14. The summed E-state index contributed by atoms with van der Waals surface area (Å²) in [5.41, 5.74) is 0.379. The molecule has 1 aliphatic carbocycles. The van der Waals surface area contributed by atoms with E-state index in [9.17, 15) is 13.2 Å². The van der Waals surface area contributed by atoms with Crippen molar-refractivity contribution in [2.75, 3.05) is 13.1 Å². The number of halogens is 3. The Morgan fingerprint density at radius 1 is 1.41 bits per heavy atom. The van der Waals surface area contributed by atoms with Gasteiger partial charge in [0.25, 0.3) is 0 Å². The molecule has 2 fully saturated rings. The summed E-state index contributed by atoms with van der Waals surface area (Å²) in [7, 11) is 0. The van der Waals surface area contributed by atoms with E-state index in [0.717, 1.165) is 36.9 Å². The first-order chi connectivity index (χ1) is 7.99. The minimum absolute atomic E-state index is 0.305. The molecular formula is C10H13F3N4. The summed E-state index contributed by atoms with van der Waals surface area (Å²) in [5.74, 6) is -0.579. The highest BCUT2D eigenvalue weighted by molar-refractivity contribution is 5.03. The topological polar surface area (TPSA) is 42.7 Å². The Labute approximate surface area is 96.2 Å². The third kappa shape index (κ3) is 1.82. The van der Waals surface area contributed by atoms with Gasteiger partial charge in [0.05, 0.1) is 0 Å². The Bertz CT molecular complexity index is 413. The molecule has 7 heteroatoms. The summed E-state index contributed by atoms with van der Waals surface area (Å²) in [4.78, 5) is 3.28. The van der Waals surface area contributed by atoms with Crippen LogP contribution in [-0.2, 0) is 12.7 Å². The van der Waals surface area contributed by atoms with Gasteiger partial charge in [-0.05, 0) is 24.2 Å². The maximum Gasteiger partial charge on any atom is 0.451 e. The molecule has 1 aromatic rings. The fourth-order valence-electron chi connectivity index (χ4n) is 2.92. The van der Waals surface area contributed by atoms with Crippen LogP contribution in [0.1, 0.15) is 18.7 Å². The van der Waals surface area contributed by atoms with E-state index in [1.807, 2.05) is 0 Å². The van der Waals surface area contributed by atoms with Gasteiger partial charge in [-0.25, -0.2) is 9.67 Å². The van der Waals surface area contributed by atoms with Gasteiger partial charge in [-0.3, -0.25) is 0 Å². The van der Waals surface area contributed by atoms with Crippen LogP contribution in [0.5, 0.6) is 0 Å². The summed E-state index contributed by atoms with van der Waals surface area (Å²) in [6, 6.07) is 0. The maximum atomic E-state index is 12.6. The van der Waals surface area contributed by atoms with Crippen LogP contribution in [0.3, 0.4) is 0 Å². The van der Waals surface area contributed by atoms with Crippen LogP contribution in [0.2, 0.25) is 0 Å². The van der Waals surface area contributed by atoms with Crippen LogP contribution in [0.25, 0.3) is 0 Å². The highest BCUT2D eigenvalue weighted by Gasteiger charge is 2.49. The lowest BCUT2D eigenvalue weighted by Crippen LogP contribution is -2.60. The van der Waals surface area contributed by atoms with Gasteiger partial charge in [-0.15, -0.1) is 0 Å². The molecule has 0 amide bonds. The van der Waals surface area contributed by atoms with E-state index in [1.165, 1.54) is 0 Å². The number of rotatable bonds is 2. The van der Waals surface area contributed by atoms with E-state index in [0.29, 0.717) is 17.9 Å². The van der Waals surface area contributed by atoms with Crippen molar-refractivity contribution < 1.29 is 13.2 Å². The SMILES string of the molecule is FC(F)(F)c1ncnn1CC1CC2(CNC2)C1. The predicted molar refractivity (Wildman–Crippen MR) is 53.1 cm³/mol. The maximum absolute atomic E-state index is 12.6. The van der Waals surface area contributed by atoms with Crippen LogP contribution in [0, 0.1) is 11.3 Å². The molecule has 1 saturated carbocycles. The summed E-state index contributed by atoms with van der Waals surface area (Å²) < 4.78 is 38.6. The van der Waals surface area contributed by atoms with Gasteiger partial charge in [0.2, 0.25) is 5.82 Å². The summed E-state index contributed by atoms with van der Waals surface area (Å²) in [5, 5.41) is 6.87. The Hall–Kier alpha value is -1.11. The quantitative estimate of drug-likeness (QED) is 0.855. The normalized spacial score (nSPS) is 23.5. The van der Waals surface area contributed by atoms with Crippen LogP contribution in [0.15, 0.2) is 6.33 Å². The molecule has 1 aromatic heterocycles. The van der Waals surface area contributed by atoms with E-state index in [2.05, 4.69) is 15.4 Å². The van der Waals surface area contributed by atoms with Crippen LogP contribution in [0.4, 0.5) is 13.2 Å². The largest absolute Gasteiger partial charge is 0.451 e. The summed E-state index contributed by atoms with van der Waals surface area (Å²) >= 11 is 0. The zero-order valence-corrected chi connectivity index (χ0v) is 9.17. The lowest BCUT2D eigenvalue weighted by molar-refractivity contribution is -0.148. The molecule has 1 spiro atoms. The first kappa shape index (κ1) is 11.0. The molecule has 3 rings (SSSR count). The first-order valence-electron chi connectivity index (χ1n) is 5.64. The minimum Gasteiger partial charge on any atom is -0.316 e. The third-order valence-corrected chi connectivity index (χ3v) is 3.74. The Kier molecular flexibility index (Phi) is 2.23. The third-order valence-electron chi connectivity index (χ3n) is 3.74. The van der Waals surface area contributed by atoms with Crippen molar-refractivity contribution in [3.05, 3.63) is 12.2 Å². The number of nitrogens with one attached hydrogen (secondary N) is 1. The molecule has 1 aliphatic heterocycles. The molecule has 1 N–H and O–H groups in total. The number of aromatic nitrogens is 3. The molecule has 0 bridgehead atoms. The molecule has 0 unspecified atom stereocenters. The highest BCUT2D eigenvalue weighted by Crippen LogP contribution is 2.49. The van der Waals surface area contributed by atoms with Crippen molar-refractivity contribution in [3.63, 3.8) is 0 Å². The number of nitrogens with zero attached hydrogens (tertiary/aromatic N) is 3. The fraction of sp³-hybridized carbons (Fsp3) is 0.800. The molecule has 94 valence electrons. The van der Waals surface area contributed by atoms with Crippen molar-refractivity contribution in [2.24, 2.45) is 11.3 Å². The molecule has 0 aromatic carbocycles. The molecule has 0 atom stereocenters. The Morgan fingerprint density at radius 3 is 2.65 bits per heavy atom. The summed E-state index contributed by atoms with van der Waals surface area (Å²) in [6.45, 7) is 2.34. The van der Waals surface area contributed by atoms with Gasteiger partial charge in [-0.1, -0.05) is 0 Å². The Morgan fingerprint density at radius 2 is 2.12 bits per heavy atom. The van der Waals surface area contributed by atoms with E-state index in [-0.39, 0.29) is 0 Å². The number of hydrogen-bond acceptors (Lipinski definition) is 3. The predicted octanol–water partition coefficient (Wildman–Crippen LogP) is 1.30. The van der Waals surface area contributed by atoms with Crippen molar-refractivity contribution in [1.82, 2.24) is 20.1 Å². The van der Waals surface area contributed by atoms with E-state index >= 15 is 0 Å². The fourth-order valence-corrected chi connectivity index (χ4v) is 2.92. The van der Waals surface area contributed by atoms with E-state index < -0.39 is 12.0 Å². The van der Waals surface area contributed by atoms with Crippen LogP contribution >= 0.6 is 0 Å². The standard InChI is InChI=1S/C10H13F3N4/c11-10(12,13)8-15-6-16-17(8)3-7-1-9(2-7)4-14-5-9/h6-7,14H,1-5H2. The van der Waals surface area contributed by atoms with Gasteiger partial charge in [0, 0.05) is 19.6 Å². The average molecular weight is 246 g/mol. The number of hydrogen-bond donors (Lipinski definition) is 1. The molecule has 2 aliphatic rings. The zero-order chi connectivity index (χ0) is 12.1. The lowest BCUT2D eigenvalue weighted by atomic mass is 9.58. The van der Waals surface area contributed by atoms with Gasteiger partial charge >= 0.3 is 6.18 Å². The van der Waals surface area contributed by atoms with Gasteiger partial charge in [0.15, 0.2) is 0 Å². The highest BCUT2D eigenvalue weighted by atomic mass is 19.4. The van der Waals surface area contributed by atoms with Crippen LogP contribution in [-0.4, -0.2) is 27.9 Å². The molecule has 17 heavy (non-hydrogen) atoms. The minimum atomic E-state index is -4.41. The van der Waals surface area contributed by atoms with E-state index in [4.69, 9.17) is 0 Å². The number of alkyl halides is 3. The molecule has 1 saturated heterocycles. The van der Waals surface area contributed by atoms with Gasteiger partial charge in [0.1, 0.15) is 6.33 Å². The van der Waals surface area contributed by atoms with Gasteiger partial charge in [-0.2, -0.15) is 18.3 Å². The molecule has 4 nitrogen and oxygen atoms in total. The molecular weight excluding hydrogens is 233 g/mol. The second kappa shape index (κ2) is 3.44. The smallest absolute Gasteiger partial charge is 0.316 e. The van der Waals surface area contributed by atoms with Crippen molar-refractivity contribution >= 4 is 0 Å². The average Bonchev–Trinajstić information content (AvgIpc) is 2.53. The monoisotopic (exact) mass is 246 g/mol. The van der Waals surface area contributed by atoms with E-state index in [1.54, 1.807) is 0 Å². The van der Waals surface area contributed by atoms with Crippen LogP contribution < -0.4 is 5.32 Å². The molecule has 2 heterocycles. The van der Waals surface area contributed by atoms with Crippen molar-refractivity contribution in [2.45, 2.75) is 25.6 Å². The van der Waals surface area contributed by atoms with Crippen molar-refractivity contribution in [3.8, 4) is 0 Å². The lowest BCUT2D eigenvalue weighted by Gasteiger charge is -2.54. The zero-order valence-electron chi connectivity index (χ0n) is 9.17. The first-order valence-corrected chi connectivity index (χ1v) is 5.64. The van der Waals surface area contributed by atoms with Gasteiger partial charge < -0.3 is 5.32 Å². The van der Waals surface area contributed by atoms with Crippen molar-refractivity contribution in [1.29, 1.82) is 0 Å². The second-order valence-corrected chi connectivity index (χ2v) is 5.14. The summed E-state index contributed by atoms with van der Waals surface area (Å²) in [6.07, 6.45) is -1.44. The molecule has 0 radical (unpaired) electrons. The Balaban J connectivity index is 1.64.